The van der Waals surface area contributed by atoms with Crippen LogP contribution in [0.4, 0.5) is 0 Å². The lowest BCUT2D eigenvalue weighted by molar-refractivity contribution is 0.0698. The van der Waals surface area contributed by atoms with Crippen LogP contribution in [0.15, 0.2) is 16.9 Å². The minimum Gasteiger partial charge on any atom is -0.337 e. The predicted octanol–water partition coefficient (Wildman–Crippen LogP) is 1.87. The number of aryl methyl sites for hydroxylation is 3. The Bertz CT molecular complexity index is 776. The summed E-state index contributed by atoms with van der Waals surface area (Å²) < 4.78 is 1.20. The van der Waals surface area contributed by atoms with Gasteiger partial charge < -0.3 is 4.90 Å². The Morgan fingerprint density at radius 3 is 2.78 bits per heavy atom. The van der Waals surface area contributed by atoms with E-state index in [0.717, 1.165) is 30.1 Å². The van der Waals surface area contributed by atoms with Gasteiger partial charge in [0.15, 0.2) is 0 Å². The number of hydrogen-bond donors (Lipinski definition) is 0. The number of piperidine rings is 1. The van der Waals surface area contributed by atoms with Gasteiger partial charge in [-0.2, -0.15) is 5.10 Å². The van der Waals surface area contributed by atoms with Crippen LogP contribution < -0.4 is 5.56 Å². The third-order valence-corrected chi connectivity index (χ3v) is 5.52. The summed E-state index contributed by atoms with van der Waals surface area (Å²) in [6.45, 7) is 5.49. The van der Waals surface area contributed by atoms with E-state index in [9.17, 15) is 9.59 Å². The molecule has 3 heterocycles. The molecule has 1 fully saturated rings. The molecule has 2 aromatic rings. The maximum absolute atomic E-state index is 12.6. The Morgan fingerprint density at radius 1 is 1.35 bits per heavy atom. The van der Waals surface area contributed by atoms with Gasteiger partial charge in [0.25, 0.3) is 11.5 Å². The summed E-state index contributed by atoms with van der Waals surface area (Å²) in [6.07, 6.45) is 2.01. The van der Waals surface area contributed by atoms with Gasteiger partial charge in [-0.25, -0.2) is 9.67 Å². The Balaban J connectivity index is 1.78. The second-order valence-electron chi connectivity index (χ2n) is 5.96. The average Bonchev–Trinajstić information content (AvgIpc) is 2.89. The first-order valence-electron chi connectivity index (χ1n) is 7.73. The fourth-order valence-electron chi connectivity index (χ4n) is 2.81. The quantitative estimate of drug-likeness (QED) is 0.842. The summed E-state index contributed by atoms with van der Waals surface area (Å²) >= 11 is 1.72. The highest BCUT2D eigenvalue weighted by molar-refractivity contribution is 7.11. The number of carbonyl (C=O) groups is 1. The van der Waals surface area contributed by atoms with Crippen molar-refractivity contribution in [2.24, 2.45) is 7.05 Å². The average molecular weight is 332 g/mol. The zero-order chi connectivity index (χ0) is 16.6. The van der Waals surface area contributed by atoms with Crippen molar-refractivity contribution in [3.05, 3.63) is 43.8 Å². The van der Waals surface area contributed by atoms with Crippen LogP contribution in [-0.4, -0.2) is 38.7 Å². The number of amides is 1. The molecule has 0 spiro atoms. The number of carbonyl (C=O) groups excluding carboxylic acids is 1. The van der Waals surface area contributed by atoms with E-state index in [4.69, 9.17) is 0 Å². The van der Waals surface area contributed by atoms with Gasteiger partial charge in [-0.05, 0) is 32.8 Å². The molecule has 23 heavy (non-hydrogen) atoms. The molecule has 7 heteroatoms. The van der Waals surface area contributed by atoms with Crippen LogP contribution >= 0.6 is 11.3 Å². The summed E-state index contributed by atoms with van der Waals surface area (Å²) in [5, 5.41) is 5.18. The SMILES string of the molecule is Cc1nc([C@H]2CCCN(C(=O)c3ccc(=O)n(C)n3)C2)sc1C. The molecule has 6 nitrogen and oxygen atoms in total. The van der Waals surface area contributed by atoms with Crippen molar-refractivity contribution in [3.63, 3.8) is 0 Å². The zero-order valence-corrected chi connectivity index (χ0v) is 14.4. The normalized spacial score (nSPS) is 18.2. The molecular weight excluding hydrogens is 312 g/mol. The lowest BCUT2D eigenvalue weighted by Gasteiger charge is -2.31. The summed E-state index contributed by atoms with van der Waals surface area (Å²) in [4.78, 5) is 31.8. The molecular formula is C16H20N4O2S. The van der Waals surface area contributed by atoms with Crippen LogP contribution in [0.5, 0.6) is 0 Å². The van der Waals surface area contributed by atoms with Crippen LogP contribution in [0.1, 0.15) is 44.8 Å². The topological polar surface area (TPSA) is 68.1 Å². The highest BCUT2D eigenvalue weighted by Crippen LogP contribution is 2.31. The lowest BCUT2D eigenvalue weighted by atomic mass is 9.98. The minimum atomic E-state index is -0.216. The third-order valence-electron chi connectivity index (χ3n) is 4.28. The van der Waals surface area contributed by atoms with Gasteiger partial charge in [0.05, 0.1) is 10.7 Å². The molecule has 0 aliphatic carbocycles. The Hall–Kier alpha value is -2.02. The van der Waals surface area contributed by atoms with E-state index >= 15 is 0 Å². The summed E-state index contributed by atoms with van der Waals surface area (Å²) in [6, 6.07) is 2.89. The van der Waals surface area contributed by atoms with Gasteiger partial charge in [0.2, 0.25) is 0 Å². The Kier molecular flexibility index (Phi) is 4.30. The molecule has 2 aromatic heterocycles. The van der Waals surface area contributed by atoms with Crippen molar-refractivity contribution in [2.45, 2.75) is 32.6 Å². The maximum Gasteiger partial charge on any atom is 0.274 e. The van der Waals surface area contributed by atoms with Crippen molar-refractivity contribution in [3.8, 4) is 0 Å². The van der Waals surface area contributed by atoms with Gasteiger partial charge in [0.1, 0.15) is 5.69 Å². The number of rotatable bonds is 2. The standard InChI is InChI=1S/C16H20N4O2S/c1-10-11(2)23-15(17-10)12-5-4-8-20(9-12)16(22)13-6-7-14(21)19(3)18-13/h6-7,12H,4-5,8-9H2,1-3H3/t12-/m0/s1. The number of aromatic nitrogens is 3. The number of nitrogens with zero attached hydrogens (tertiary/aromatic N) is 4. The Morgan fingerprint density at radius 2 is 2.13 bits per heavy atom. The summed E-state index contributed by atoms with van der Waals surface area (Å²) in [5.74, 6) is 0.174. The molecule has 1 aliphatic heterocycles. The second kappa shape index (κ2) is 6.23. The third kappa shape index (κ3) is 3.19. The van der Waals surface area contributed by atoms with E-state index in [1.54, 1.807) is 18.4 Å². The van der Waals surface area contributed by atoms with E-state index in [0.29, 0.717) is 12.2 Å². The number of hydrogen-bond acceptors (Lipinski definition) is 5. The first-order valence-corrected chi connectivity index (χ1v) is 8.55. The predicted molar refractivity (Wildman–Crippen MR) is 88.9 cm³/mol. The Labute approximate surface area is 138 Å². The van der Waals surface area contributed by atoms with Crippen molar-refractivity contribution < 1.29 is 4.79 Å². The van der Waals surface area contributed by atoms with Gasteiger partial charge in [0, 0.05) is 37.0 Å². The van der Waals surface area contributed by atoms with E-state index in [1.165, 1.54) is 21.7 Å². The molecule has 0 unspecified atom stereocenters. The fourth-order valence-corrected chi connectivity index (χ4v) is 3.86. The highest BCUT2D eigenvalue weighted by Gasteiger charge is 2.28. The molecule has 0 aromatic carbocycles. The number of likely N-dealkylation sites (tertiary alicyclic amines) is 1. The second-order valence-corrected chi connectivity index (χ2v) is 7.20. The van der Waals surface area contributed by atoms with E-state index < -0.39 is 0 Å². The maximum atomic E-state index is 12.6. The van der Waals surface area contributed by atoms with Crippen molar-refractivity contribution in [1.29, 1.82) is 0 Å². The molecule has 0 bridgehead atoms. The van der Waals surface area contributed by atoms with Crippen LogP contribution in [-0.2, 0) is 7.05 Å². The molecule has 3 rings (SSSR count). The molecule has 1 aliphatic rings. The smallest absolute Gasteiger partial charge is 0.274 e. The van der Waals surface area contributed by atoms with Gasteiger partial charge in [-0.3, -0.25) is 9.59 Å². The molecule has 122 valence electrons. The van der Waals surface area contributed by atoms with E-state index in [-0.39, 0.29) is 17.4 Å². The highest BCUT2D eigenvalue weighted by atomic mass is 32.1. The molecule has 1 atom stereocenters. The van der Waals surface area contributed by atoms with Crippen LogP contribution in [0.3, 0.4) is 0 Å². The molecule has 1 amide bonds. The van der Waals surface area contributed by atoms with Crippen LogP contribution in [0, 0.1) is 13.8 Å². The van der Waals surface area contributed by atoms with Crippen LogP contribution in [0.25, 0.3) is 0 Å². The van der Waals surface area contributed by atoms with Crippen molar-refractivity contribution in [1.82, 2.24) is 19.7 Å². The monoisotopic (exact) mass is 332 g/mol. The van der Waals surface area contributed by atoms with Gasteiger partial charge >= 0.3 is 0 Å². The molecule has 0 radical (unpaired) electrons. The van der Waals surface area contributed by atoms with Crippen LogP contribution in [0.2, 0.25) is 0 Å². The molecule has 1 saturated heterocycles. The van der Waals surface area contributed by atoms with E-state index in [2.05, 4.69) is 17.0 Å². The minimum absolute atomic E-state index is 0.115. The first kappa shape index (κ1) is 15.9. The first-order chi connectivity index (χ1) is 11.0. The lowest BCUT2D eigenvalue weighted by Crippen LogP contribution is -2.40. The number of thiazole rings is 1. The van der Waals surface area contributed by atoms with Crippen molar-refractivity contribution in [2.75, 3.05) is 13.1 Å². The summed E-state index contributed by atoms with van der Waals surface area (Å²) in [7, 11) is 1.55. The molecule has 0 N–H and O–H groups in total. The largest absolute Gasteiger partial charge is 0.337 e. The molecule has 0 saturated carbocycles. The zero-order valence-electron chi connectivity index (χ0n) is 13.6. The van der Waals surface area contributed by atoms with Crippen molar-refractivity contribution >= 4 is 17.2 Å². The van der Waals surface area contributed by atoms with Gasteiger partial charge in [-0.15, -0.1) is 11.3 Å². The summed E-state index contributed by atoms with van der Waals surface area (Å²) in [5.41, 5.74) is 1.18. The van der Waals surface area contributed by atoms with E-state index in [1.807, 2.05) is 11.8 Å². The van der Waals surface area contributed by atoms with Gasteiger partial charge in [-0.1, -0.05) is 0 Å². The fraction of sp³-hybridized carbons (Fsp3) is 0.500.